The van der Waals surface area contributed by atoms with Crippen LogP contribution in [0.1, 0.15) is 90.0 Å². The van der Waals surface area contributed by atoms with E-state index in [2.05, 4.69) is 65.1 Å². The van der Waals surface area contributed by atoms with Gasteiger partial charge in [0.05, 0.1) is 19.1 Å². The van der Waals surface area contributed by atoms with Crippen molar-refractivity contribution in [2.75, 3.05) is 32.0 Å². The Labute approximate surface area is 473 Å². The first kappa shape index (κ1) is 71.0. The lowest BCUT2D eigenvalue weighted by Crippen LogP contribution is -2.61. The molecule has 0 aliphatic carbocycles. The Morgan fingerprint density at radius 1 is 0.531 bits per heavy atom. The Morgan fingerprint density at radius 2 is 0.951 bits per heavy atom. The number of phenols is 1. The monoisotopic (exact) mass is 1170 g/mol. The predicted molar refractivity (Wildman–Crippen MR) is 298 cm³/mol. The molecule has 0 radical (unpaired) electrons. The highest BCUT2D eigenvalue weighted by Gasteiger charge is 2.36. The Bertz CT molecular complexity index is 2340. The van der Waals surface area contributed by atoms with Crippen molar-refractivity contribution < 1.29 is 68.1 Å². The molecule has 27 N–H and O–H groups in total. The molecule has 10 amide bonds. The van der Waals surface area contributed by atoms with Gasteiger partial charge in [0.1, 0.15) is 54.1 Å². The average Bonchev–Trinajstić information content (AvgIpc) is 3.39. The van der Waals surface area contributed by atoms with Gasteiger partial charge in [-0.15, -0.1) is 0 Å². The largest absolute Gasteiger partial charge is 0.508 e. The SMILES string of the molecule is CC(C)CC(NC(=O)C(Cc1ccc(O)cc1)NC(=O)C(CCC(N)=O)NC(=O)C(CCCN=C(N)N)NC(=O)C(CC(N)=O)NC(=O)C(CCCN=C(N)N)NC(=O)C(CO)NC(=O)C(CS)NC(=O)C(N)CCCCN)C(=O)O. The first-order valence-electron chi connectivity index (χ1n) is 25.9. The van der Waals surface area contributed by atoms with Gasteiger partial charge in [-0.25, -0.2) is 4.79 Å². The number of carboxylic acids is 1. The van der Waals surface area contributed by atoms with E-state index >= 15 is 0 Å². The summed E-state index contributed by atoms with van der Waals surface area (Å²) >= 11 is 4.11. The van der Waals surface area contributed by atoms with E-state index < -0.39 is 145 Å². The number of rotatable bonds is 40. The number of aliphatic hydroxyl groups excluding tert-OH is 1. The summed E-state index contributed by atoms with van der Waals surface area (Å²) in [4.78, 5) is 154. The number of aliphatic hydroxyl groups is 1. The summed E-state index contributed by atoms with van der Waals surface area (Å²) in [7, 11) is 0. The second-order valence-corrected chi connectivity index (χ2v) is 19.5. The molecule has 1 aromatic rings. The van der Waals surface area contributed by atoms with Crippen LogP contribution in [0.25, 0.3) is 0 Å². The minimum Gasteiger partial charge on any atom is -0.508 e. The van der Waals surface area contributed by atoms with Crippen molar-refractivity contribution in [1.29, 1.82) is 0 Å². The number of aliphatic imine (C=N–C) groups is 2. The van der Waals surface area contributed by atoms with Gasteiger partial charge in [-0.3, -0.25) is 57.9 Å². The molecule has 32 nitrogen and oxygen atoms in total. The highest BCUT2D eigenvalue weighted by atomic mass is 32.1. The summed E-state index contributed by atoms with van der Waals surface area (Å²) in [5.74, 6) is -12.9. The van der Waals surface area contributed by atoms with Crippen molar-refractivity contribution in [3.8, 4) is 5.75 Å². The number of carbonyl (C=O) groups is 11. The van der Waals surface area contributed by atoms with E-state index in [9.17, 15) is 68.1 Å². The third-order valence-electron chi connectivity index (χ3n) is 11.8. The Hall–Kier alpha value is -8.04. The number of amides is 10. The molecule has 0 aliphatic rings. The van der Waals surface area contributed by atoms with Crippen LogP contribution in [0.5, 0.6) is 5.75 Å². The average molecular weight is 1170 g/mol. The van der Waals surface area contributed by atoms with Crippen LogP contribution in [-0.4, -0.2) is 179 Å². The fraction of sp³-hybridized carbons (Fsp3) is 0.604. The van der Waals surface area contributed by atoms with Gasteiger partial charge in [-0.05, 0) is 81.5 Å². The number of nitrogens with one attached hydrogen (secondary N) is 8. The van der Waals surface area contributed by atoms with Crippen LogP contribution in [-0.2, 0) is 59.2 Å². The molecular weight excluding hydrogens is 1080 g/mol. The van der Waals surface area contributed by atoms with Crippen LogP contribution in [0.4, 0.5) is 0 Å². The molecule has 454 valence electrons. The molecule has 0 spiro atoms. The van der Waals surface area contributed by atoms with Crippen molar-refractivity contribution in [2.24, 2.45) is 61.8 Å². The Morgan fingerprint density at radius 3 is 1.40 bits per heavy atom. The number of aliphatic carboxylic acids is 1. The molecule has 0 aliphatic heterocycles. The number of guanidine groups is 2. The highest BCUT2D eigenvalue weighted by molar-refractivity contribution is 7.80. The number of benzene rings is 1. The van der Waals surface area contributed by atoms with Crippen LogP contribution in [0, 0.1) is 5.92 Å². The molecule has 9 atom stereocenters. The summed E-state index contributed by atoms with van der Waals surface area (Å²) in [6.45, 7) is 2.60. The van der Waals surface area contributed by atoms with Crippen molar-refractivity contribution in [3.63, 3.8) is 0 Å². The fourth-order valence-electron chi connectivity index (χ4n) is 7.49. The zero-order valence-corrected chi connectivity index (χ0v) is 46.3. The summed E-state index contributed by atoms with van der Waals surface area (Å²) in [5.41, 5.74) is 44.6. The van der Waals surface area contributed by atoms with Gasteiger partial charge in [0.25, 0.3) is 0 Å². The highest BCUT2D eigenvalue weighted by Crippen LogP contribution is 2.14. The van der Waals surface area contributed by atoms with E-state index in [1.807, 2.05) is 0 Å². The number of primary amides is 2. The number of carboxylic acid groups (broad SMARTS) is 1. The number of aromatic hydroxyl groups is 1. The molecule has 0 saturated carbocycles. The van der Waals surface area contributed by atoms with E-state index in [1.165, 1.54) is 24.3 Å². The second kappa shape index (κ2) is 37.8. The first-order chi connectivity index (χ1) is 38.1. The molecule has 81 heavy (non-hydrogen) atoms. The predicted octanol–water partition coefficient (Wildman–Crippen LogP) is -7.43. The molecule has 0 aromatic heterocycles. The van der Waals surface area contributed by atoms with Crippen LogP contribution in [0.3, 0.4) is 0 Å². The third kappa shape index (κ3) is 29.1. The van der Waals surface area contributed by atoms with E-state index in [0.717, 1.165) is 0 Å². The van der Waals surface area contributed by atoms with Gasteiger partial charge >= 0.3 is 5.97 Å². The van der Waals surface area contributed by atoms with Crippen LogP contribution < -0.4 is 88.4 Å². The number of unbranched alkanes of at least 4 members (excludes halogenated alkanes) is 1. The number of nitrogens with zero attached hydrogens (tertiary/aromatic N) is 2. The first-order valence-corrected chi connectivity index (χ1v) is 26.5. The molecule has 1 aromatic carbocycles. The molecule has 0 heterocycles. The third-order valence-corrected chi connectivity index (χ3v) is 12.1. The minimum atomic E-state index is -1.90. The zero-order valence-electron chi connectivity index (χ0n) is 45.4. The lowest BCUT2D eigenvalue weighted by molar-refractivity contribution is -0.142. The summed E-state index contributed by atoms with van der Waals surface area (Å²) in [6, 6.07) is -8.35. The second-order valence-electron chi connectivity index (χ2n) is 19.2. The van der Waals surface area contributed by atoms with Crippen LogP contribution in [0.15, 0.2) is 34.3 Å². The van der Waals surface area contributed by atoms with Gasteiger partial charge in [-0.1, -0.05) is 32.4 Å². The van der Waals surface area contributed by atoms with Gasteiger partial charge < -0.3 is 104 Å². The molecule has 33 heteroatoms. The van der Waals surface area contributed by atoms with Gasteiger partial charge in [0, 0.05) is 31.7 Å². The molecule has 0 fully saturated rings. The van der Waals surface area contributed by atoms with Crippen LogP contribution >= 0.6 is 12.6 Å². The molecule has 1 rings (SSSR count). The molecular formula is C48H82N18O14S. The molecule has 0 saturated heterocycles. The van der Waals surface area contributed by atoms with Gasteiger partial charge in [-0.2, -0.15) is 12.6 Å². The van der Waals surface area contributed by atoms with Crippen molar-refractivity contribution >= 4 is 89.6 Å². The molecule has 9 unspecified atom stereocenters. The Kier molecular flexibility index (Phi) is 33.1. The van der Waals surface area contributed by atoms with Crippen molar-refractivity contribution in [2.45, 2.75) is 145 Å². The smallest absolute Gasteiger partial charge is 0.326 e. The number of nitrogens with two attached hydrogens (primary N) is 8. The zero-order chi connectivity index (χ0) is 61.4. The van der Waals surface area contributed by atoms with E-state index in [0.29, 0.717) is 24.9 Å². The lowest BCUT2D eigenvalue weighted by Gasteiger charge is -2.28. The number of thiol groups is 1. The topological polar surface area (TPSA) is 578 Å². The fourth-order valence-corrected chi connectivity index (χ4v) is 7.75. The summed E-state index contributed by atoms with van der Waals surface area (Å²) < 4.78 is 0. The maximum Gasteiger partial charge on any atom is 0.326 e. The number of phenolic OH excluding ortho intramolecular Hbond substituents is 1. The van der Waals surface area contributed by atoms with E-state index in [-0.39, 0.29) is 87.4 Å². The summed E-state index contributed by atoms with van der Waals surface area (Å²) in [6.07, 6.45) is -1.38. The van der Waals surface area contributed by atoms with Crippen LogP contribution in [0.2, 0.25) is 0 Å². The van der Waals surface area contributed by atoms with E-state index in [4.69, 9.17) is 45.9 Å². The van der Waals surface area contributed by atoms with Crippen molar-refractivity contribution in [3.05, 3.63) is 29.8 Å². The number of carbonyl (C=O) groups excluding carboxylic acids is 10. The quantitative estimate of drug-likeness (QED) is 0.0126. The van der Waals surface area contributed by atoms with Gasteiger partial charge in [0.15, 0.2) is 11.9 Å². The Balaban J connectivity index is 3.63. The maximum absolute atomic E-state index is 14.3. The minimum absolute atomic E-state index is 0.00977. The standard InChI is InChI=1S/C48H82N18O14S/c1-24(2)19-33(46(79)80)64-42(75)31(20-25-10-12-26(68)13-11-25)62-41(74)30(14-15-36(51)69)61-39(72)28(8-5-17-57-47(53)54)59-43(76)32(21-37(52)70)63-40(73)29(9-6-18-58-48(55)56)60-44(77)34(22-67)65-45(78)35(23-81)66-38(71)27(50)7-3-4-16-49/h10-13,24,27-35,67-68,81H,3-9,14-23,49-50H2,1-2H3,(H2,51,69)(H2,52,70)(H,59,76)(H,60,77)(H,61,72)(H,62,74)(H,63,73)(H,64,75)(H,65,78)(H,66,71)(H,79,80)(H4,53,54,57)(H4,55,56,58). The maximum atomic E-state index is 14.3. The van der Waals surface area contributed by atoms with Crippen molar-refractivity contribution in [1.82, 2.24) is 42.5 Å². The van der Waals surface area contributed by atoms with E-state index in [1.54, 1.807) is 13.8 Å². The lowest BCUT2D eigenvalue weighted by atomic mass is 10.0. The molecule has 0 bridgehead atoms. The normalized spacial score (nSPS) is 14.3. The van der Waals surface area contributed by atoms with Gasteiger partial charge in [0.2, 0.25) is 59.1 Å². The number of hydrogen-bond donors (Lipinski definition) is 20. The summed E-state index contributed by atoms with van der Waals surface area (Å²) in [5, 5.41) is 49.0. The number of hydrogen-bond acceptors (Lipinski definition) is 18.